The molecule has 0 radical (unpaired) electrons. The maximum atomic E-state index is 11.9. The predicted octanol–water partition coefficient (Wildman–Crippen LogP) is 5.45. The number of aliphatic carboxylic acids is 1. The summed E-state index contributed by atoms with van der Waals surface area (Å²) in [7, 11) is 1.59. The average Bonchev–Trinajstić information content (AvgIpc) is 2.78. The van der Waals surface area contributed by atoms with Gasteiger partial charge >= 0.3 is 5.97 Å². The fraction of sp³-hybridized carbons (Fsp3) is 0.120. The van der Waals surface area contributed by atoms with E-state index in [0.717, 1.165) is 16.5 Å². The van der Waals surface area contributed by atoms with Gasteiger partial charge in [-0.2, -0.15) is 0 Å². The van der Waals surface area contributed by atoms with E-state index < -0.39 is 11.9 Å². The molecule has 0 saturated heterocycles. The number of carbonyl (C=O) groups is 1. The number of hydrogen-bond acceptors (Lipinski definition) is 4. The number of pyridine rings is 1. The number of benzene rings is 3. The van der Waals surface area contributed by atoms with Gasteiger partial charge in [-0.3, -0.25) is 9.78 Å². The number of hydrogen-bond donors (Lipinski definition) is 1. The van der Waals surface area contributed by atoms with Gasteiger partial charge in [0, 0.05) is 11.6 Å². The van der Waals surface area contributed by atoms with Crippen molar-refractivity contribution in [2.24, 2.45) is 0 Å². The second kappa shape index (κ2) is 8.66. The van der Waals surface area contributed by atoms with E-state index in [1.807, 2.05) is 54.6 Å². The highest BCUT2D eigenvalue weighted by Crippen LogP contribution is 2.31. The summed E-state index contributed by atoms with van der Waals surface area (Å²) in [6.45, 7) is 0. The van der Waals surface area contributed by atoms with Crippen LogP contribution in [-0.4, -0.2) is 23.2 Å². The van der Waals surface area contributed by atoms with Crippen molar-refractivity contribution in [3.63, 3.8) is 0 Å². The van der Waals surface area contributed by atoms with Crippen molar-refractivity contribution in [3.05, 3.63) is 96.2 Å². The first-order valence-corrected chi connectivity index (χ1v) is 9.62. The fourth-order valence-electron chi connectivity index (χ4n) is 3.49. The van der Waals surface area contributed by atoms with Gasteiger partial charge in [0.15, 0.2) is 0 Å². The first-order chi connectivity index (χ1) is 14.7. The molecule has 5 heteroatoms. The molecule has 0 fully saturated rings. The molecule has 30 heavy (non-hydrogen) atoms. The maximum Gasteiger partial charge on any atom is 0.311 e. The van der Waals surface area contributed by atoms with Crippen LogP contribution in [0.25, 0.3) is 10.9 Å². The molecule has 5 nitrogen and oxygen atoms in total. The van der Waals surface area contributed by atoms with Gasteiger partial charge in [-0.25, -0.2) is 0 Å². The van der Waals surface area contributed by atoms with E-state index in [1.165, 1.54) is 0 Å². The average molecular weight is 399 g/mol. The van der Waals surface area contributed by atoms with Crippen LogP contribution >= 0.6 is 0 Å². The van der Waals surface area contributed by atoms with E-state index in [2.05, 4.69) is 4.98 Å². The van der Waals surface area contributed by atoms with Crippen LogP contribution in [0.2, 0.25) is 0 Å². The number of carboxylic acids is 1. The highest BCUT2D eigenvalue weighted by atomic mass is 16.5. The molecule has 0 aliphatic heterocycles. The zero-order valence-corrected chi connectivity index (χ0v) is 16.5. The number of ether oxygens (including phenoxy) is 2. The molecule has 1 atom stereocenters. The fourth-order valence-corrected chi connectivity index (χ4v) is 3.49. The summed E-state index contributed by atoms with van der Waals surface area (Å²) in [5.74, 6) is 0.466. The van der Waals surface area contributed by atoms with E-state index in [0.29, 0.717) is 29.2 Å². The van der Waals surface area contributed by atoms with Crippen molar-refractivity contribution in [2.45, 2.75) is 12.3 Å². The van der Waals surface area contributed by atoms with Crippen LogP contribution in [0.3, 0.4) is 0 Å². The second-order valence-electron chi connectivity index (χ2n) is 6.90. The van der Waals surface area contributed by atoms with E-state index in [-0.39, 0.29) is 0 Å². The van der Waals surface area contributed by atoms with Gasteiger partial charge in [0.1, 0.15) is 17.2 Å². The third-order valence-corrected chi connectivity index (χ3v) is 5.03. The van der Waals surface area contributed by atoms with Crippen LogP contribution < -0.4 is 9.47 Å². The van der Waals surface area contributed by atoms with Crippen molar-refractivity contribution >= 4 is 16.9 Å². The Morgan fingerprint density at radius 3 is 2.43 bits per heavy atom. The van der Waals surface area contributed by atoms with Gasteiger partial charge in [-0.1, -0.05) is 42.5 Å². The number of nitrogens with zero attached hydrogens (tertiary/aromatic N) is 1. The molecule has 0 amide bonds. The maximum absolute atomic E-state index is 11.9. The first kappa shape index (κ1) is 19.5. The van der Waals surface area contributed by atoms with Crippen LogP contribution in [0.4, 0.5) is 0 Å². The van der Waals surface area contributed by atoms with E-state index >= 15 is 0 Å². The Balaban J connectivity index is 1.57. The number of para-hydroxylation sites is 2. The standard InChI is InChI=1S/C25H21NO4/c1-29-23-9-5-2-6-18(23)16-21(25(27)28)17-10-12-19(13-11-17)30-24-14-15-26-22-8-4-3-7-20(22)24/h2-15,21H,16H2,1H3,(H,27,28)/t21-/m0/s1. The van der Waals surface area contributed by atoms with Crippen molar-refractivity contribution < 1.29 is 19.4 Å². The van der Waals surface area contributed by atoms with Crippen LogP contribution in [0.15, 0.2) is 85.1 Å². The lowest BCUT2D eigenvalue weighted by Gasteiger charge is -2.16. The quantitative estimate of drug-likeness (QED) is 0.448. The highest BCUT2D eigenvalue weighted by molar-refractivity contribution is 5.85. The van der Waals surface area contributed by atoms with Crippen molar-refractivity contribution in [2.75, 3.05) is 7.11 Å². The molecular formula is C25H21NO4. The lowest BCUT2D eigenvalue weighted by molar-refractivity contribution is -0.138. The summed E-state index contributed by atoms with van der Waals surface area (Å²) in [5.41, 5.74) is 2.42. The van der Waals surface area contributed by atoms with Gasteiger partial charge in [-0.15, -0.1) is 0 Å². The number of methoxy groups -OCH3 is 1. The molecule has 0 unspecified atom stereocenters. The van der Waals surface area contributed by atoms with E-state index in [4.69, 9.17) is 9.47 Å². The number of rotatable bonds is 7. The normalized spacial score (nSPS) is 11.8. The zero-order valence-electron chi connectivity index (χ0n) is 16.5. The molecule has 0 aliphatic carbocycles. The number of fused-ring (bicyclic) bond motifs is 1. The van der Waals surface area contributed by atoms with Crippen LogP contribution in [0.1, 0.15) is 17.0 Å². The van der Waals surface area contributed by atoms with Gasteiger partial charge in [-0.05, 0) is 53.9 Å². The van der Waals surface area contributed by atoms with Crippen molar-refractivity contribution in [1.29, 1.82) is 0 Å². The molecule has 150 valence electrons. The summed E-state index contributed by atoms with van der Waals surface area (Å²) >= 11 is 0. The summed E-state index contributed by atoms with van der Waals surface area (Å²) in [6, 6.07) is 24.2. The lowest BCUT2D eigenvalue weighted by atomic mass is 9.91. The highest BCUT2D eigenvalue weighted by Gasteiger charge is 2.22. The Hall–Kier alpha value is -3.86. The van der Waals surface area contributed by atoms with Gasteiger partial charge in [0.05, 0.1) is 18.5 Å². The smallest absolute Gasteiger partial charge is 0.311 e. The summed E-state index contributed by atoms with van der Waals surface area (Å²) in [4.78, 5) is 16.3. The number of carboxylic acid groups (broad SMARTS) is 1. The lowest BCUT2D eigenvalue weighted by Crippen LogP contribution is -2.15. The summed E-state index contributed by atoms with van der Waals surface area (Å²) in [5, 5.41) is 10.7. The Bertz CT molecular complexity index is 1170. The van der Waals surface area contributed by atoms with Gasteiger partial charge in [0.25, 0.3) is 0 Å². The predicted molar refractivity (Wildman–Crippen MR) is 115 cm³/mol. The van der Waals surface area contributed by atoms with Crippen LogP contribution in [0.5, 0.6) is 17.2 Å². The van der Waals surface area contributed by atoms with Crippen LogP contribution in [0, 0.1) is 0 Å². The Morgan fingerprint density at radius 2 is 1.67 bits per heavy atom. The van der Waals surface area contributed by atoms with E-state index in [9.17, 15) is 9.90 Å². The minimum Gasteiger partial charge on any atom is -0.496 e. The Morgan fingerprint density at radius 1 is 0.933 bits per heavy atom. The molecule has 0 saturated carbocycles. The van der Waals surface area contributed by atoms with Gasteiger partial charge < -0.3 is 14.6 Å². The third-order valence-electron chi connectivity index (χ3n) is 5.03. The monoisotopic (exact) mass is 399 g/mol. The first-order valence-electron chi connectivity index (χ1n) is 9.62. The Labute approximate surface area is 174 Å². The van der Waals surface area contributed by atoms with Crippen molar-refractivity contribution in [1.82, 2.24) is 4.98 Å². The molecule has 0 bridgehead atoms. The summed E-state index contributed by atoms with van der Waals surface area (Å²) in [6.07, 6.45) is 2.05. The Kier molecular flexibility index (Phi) is 5.61. The van der Waals surface area contributed by atoms with Gasteiger partial charge in [0.2, 0.25) is 0 Å². The van der Waals surface area contributed by atoms with Crippen molar-refractivity contribution in [3.8, 4) is 17.2 Å². The molecule has 4 aromatic rings. The SMILES string of the molecule is COc1ccccc1C[C@H](C(=O)O)c1ccc(Oc2ccnc3ccccc23)cc1. The topological polar surface area (TPSA) is 68.7 Å². The molecule has 4 rings (SSSR count). The third kappa shape index (κ3) is 4.10. The minimum atomic E-state index is -0.880. The molecule has 0 aliphatic rings. The molecule has 1 heterocycles. The largest absolute Gasteiger partial charge is 0.496 e. The molecule has 3 aromatic carbocycles. The zero-order chi connectivity index (χ0) is 20.9. The number of aromatic nitrogens is 1. The minimum absolute atomic E-state index is 0.342. The molecule has 1 aromatic heterocycles. The second-order valence-corrected chi connectivity index (χ2v) is 6.90. The van der Waals surface area contributed by atoms with E-state index in [1.54, 1.807) is 37.6 Å². The summed E-state index contributed by atoms with van der Waals surface area (Å²) < 4.78 is 11.4. The van der Waals surface area contributed by atoms with Crippen LogP contribution in [-0.2, 0) is 11.2 Å². The molecular weight excluding hydrogens is 378 g/mol. The molecule has 0 spiro atoms. The molecule has 1 N–H and O–H groups in total.